The van der Waals surface area contributed by atoms with E-state index in [4.69, 9.17) is 0 Å². The molecule has 1 aliphatic carbocycles. The maximum absolute atomic E-state index is 12.4. The average Bonchev–Trinajstić information content (AvgIpc) is 2.91. The van der Waals surface area contributed by atoms with Crippen molar-refractivity contribution in [2.24, 2.45) is 5.92 Å². The normalized spacial score (nSPS) is 22.1. The van der Waals surface area contributed by atoms with Crippen molar-refractivity contribution in [2.75, 3.05) is 0 Å². The van der Waals surface area contributed by atoms with E-state index in [0.29, 0.717) is 5.69 Å². The molecule has 1 amide bonds. The predicted molar refractivity (Wildman–Crippen MR) is 82.2 cm³/mol. The first kappa shape index (κ1) is 13.9. The van der Waals surface area contributed by atoms with Crippen LogP contribution < -0.4 is 5.32 Å². The Morgan fingerprint density at radius 2 is 1.95 bits per heavy atom. The fourth-order valence-electron chi connectivity index (χ4n) is 3.23. The van der Waals surface area contributed by atoms with Crippen LogP contribution in [0.3, 0.4) is 0 Å². The topological polar surface area (TPSA) is 62.0 Å². The lowest BCUT2D eigenvalue weighted by Crippen LogP contribution is -2.44. The Kier molecular flexibility index (Phi) is 3.78. The van der Waals surface area contributed by atoms with Crippen molar-refractivity contribution < 1.29 is 9.59 Å². The fourth-order valence-corrected chi connectivity index (χ4v) is 3.23. The van der Waals surface area contributed by atoms with Gasteiger partial charge in [0.1, 0.15) is 11.5 Å². The van der Waals surface area contributed by atoms with Crippen molar-refractivity contribution in [2.45, 2.75) is 38.6 Å². The average molecular weight is 284 g/mol. The van der Waals surface area contributed by atoms with Gasteiger partial charge in [-0.3, -0.25) is 9.59 Å². The second-order valence-corrected chi connectivity index (χ2v) is 5.85. The third-order valence-electron chi connectivity index (χ3n) is 4.38. The number of H-pyrrole nitrogens is 1. The van der Waals surface area contributed by atoms with Gasteiger partial charge in [-0.15, -0.1) is 0 Å². The summed E-state index contributed by atoms with van der Waals surface area (Å²) in [6.45, 7) is 1.62. The second kappa shape index (κ2) is 5.72. The van der Waals surface area contributed by atoms with Gasteiger partial charge in [0.05, 0.1) is 0 Å². The van der Waals surface area contributed by atoms with Gasteiger partial charge in [0.2, 0.25) is 0 Å². The first-order valence-corrected chi connectivity index (χ1v) is 7.54. The molecule has 0 bridgehead atoms. The number of benzene rings is 1. The van der Waals surface area contributed by atoms with Crippen LogP contribution in [0.2, 0.25) is 0 Å². The molecule has 2 aromatic rings. The smallest absolute Gasteiger partial charge is 0.267 e. The summed E-state index contributed by atoms with van der Waals surface area (Å²) in [6, 6.07) is 9.64. The van der Waals surface area contributed by atoms with Crippen LogP contribution in [-0.4, -0.2) is 22.7 Å². The summed E-state index contributed by atoms with van der Waals surface area (Å²) >= 11 is 0. The van der Waals surface area contributed by atoms with Crippen molar-refractivity contribution in [1.82, 2.24) is 10.3 Å². The number of hydrogen-bond acceptors (Lipinski definition) is 2. The molecule has 0 spiro atoms. The summed E-state index contributed by atoms with van der Waals surface area (Å²) in [5, 5.41) is 4.06. The number of carbonyl (C=O) groups is 2. The van der Waals surface area contributed by atoms with Gasteiger partial charge in [-0.25, -0.2) is 0 Å². The van der Waals surface area contributed by atoms with Crippen LogP contribution in [-0.2, 0) is 4.79 Å². The molecule has 4 nitrogen and oxygen atoms in total. The van der Waals surface area contributed by atoms with Gasteiger partial charge in [-0.1, -0.05) is 31.0 Å². The van der Waals surface area contributed by atoms with Crippen LogP contribution in [0.25, 0.3) is 10.9 Å². The number of ketones is 1. The molecule has 21 heavy (non-hydrogen) atoms. The van der Waals surface area contributed by atoms with Crippen molar-refractivity contribution in [1.29, 1.82) is 0 Å². The standard InChI is InChI=1S/C17H20N2O2/c1-11(20)13-7-3-5-9-15(13)19-17(21)16-10-12-6-2-4-8-14(12)18-16/h2,4,6,8,10,13,15,18H,3,5,7,9H2,1H3,(H,19,21)/t13-,15-/m0/s1. The Morgan fingerprint density at radius 3 is 2.71 bits per heavy atom. The van der Waals surface area contributed by atoms with Crippen LogP contribution in [0.1, 0.15) is 43.1 Å². The van der Waals surface area contributed by atoms with Crippen LogP contribution in [0.5, 0.6) is 0 Å². The number of nitrogens with one attached hydrogen (secondary N) is 2. The van der Waals surface area contributed by atoms with Crippen molar-refractivity contribution in [3.8, 4) is 0 Å². The van der Waals surface area contributed by atoms with E-state index in [1.807, 2.05) is 30.3 Å². The molecule has 2 N–H and O–H groups in total. The molecule has 1 aliphatic rings. The van der Waals surface area contributed by atoms with E-state index in [9.17, 15) is 9.59 Å². The maximum Gasteiger partial charge on any atom is 0.267 e. The Balaban J connectivity index is 1.77. The first-order chi connectivity index (χ1) is 10.1. The second-order valence-electron chi connectivity index (χ2n) is 5.85. The van der Waals surface area contributed by atoms with E-state index in [1.54, 1.807) is 6.92 Å². The van der Waals surface area contributed by atoms with Crippen LogP contribution in [0.15, 0.2) is 30.3 Å². The molecule has 1 saturated carbocycles. The van der Waals surface area contributed by atoms with Gasteiger partial charge in [-0.05, 0) is 31.9 Å². The molecule has 110 valence electrons. The van der Waals surface area contributed by atoms with Gasteiger partial charge in [-0.2, -0.15) is 0 Å². The van der Waals surface area contributed by atoms with Crippen molar-refractivity contribution in [3.05, 3.63) is 36.0 Å². The van der Waals surface area contributed by atoms with Crippen LogP contribution in [0.4, 0.5) is 0 Å². The number of aromatic nitrogens is 1. The minimum Gasteiger partial charge on any atom is -0.351 e. The molecule has 0 saturated heterocycles. The lowest BCUT2D eigenvalue weighted by Gasteiger charge is -2.30. The molecule has 0 radical (unpaired) electrons. The number of rotatable bonds is 3. The lowest BCUT2D eigenvalue weighted by atomic mass is 9.82. The zero-order valence-corrected chi connectivity index (χ0v) is 12.2. The first-order valence-electron chi connectivity index (χ1n) is 7.54. The summed E-state index contributed by atoms with van der Waals surface area (Å²) < 4.78 is 0. The Hall–Kier alpha value is -2.10. The summed E-state index contributed by atoms with van der Waals surface area (Å²) in [7, 11) is 0. The van der Waals surface area contributed by atoms with E-state index in [1.165, 1.54) is 0 Å². The number of fused-ring (bicyclic) bond motifs is 1. The third kappa shape index (κ3) is 2.84. The van der Waals surface area contributed by atoms with E-state index in [0.717, 1.165) is 36.6 Å². The Bertz CT molecular complexity index is 641. The largest absolute Gasteiger partial charge is 0.351 e. The number of carbonyl (C=O) groups excluding carboxylic acids is 2. The number of Topliss-reactive ketones (excluding diaryl/α,β-unsaturated/α-hetero) is 1. The van der Waals surface area contributed by atoms with Gasteiger partial charge in [0, 0.05) is 22.9 Å². The lowest BCUT2D eigenvalue weighted by molar-refractivity contribution is -0.122. The zero-order chi connectivity index (χ0) is 14.8. The fraction of sp³-hybridized carbons (Fsp3) is 0.412. The molecule has 0 aliphatic heterocycles. The van der Waals surface area contributed by atoms with Crippen molar-refractivity contribution >= 4 is 22.6 Å². The van der Waals surface area contributed by atoms with Crippen molar-refractivity contribution in [3.63, 3.8) is 0 Å². The summed E-state index contributed by atoms with van der Waals surface area (Å²) in [4.78, 5) is 27.2. The molecular weight excluding hydrogens is 264 g/mol. The predicted octanol–water partition coefficient (Wildman–Crippen LogP) is 3.05. The Labute approximate surface area is 123 Å². The van der Waals surface area contributed by atoms with E-state index >= 15 is 0 Å². The molecule has 1 aromatic carbocycles. The minimum atomic E-state index is -0.121. The highest BCUT2D eigenvalue weighted by molar-refractivity contribution is 5.98. The van der Waals surface area contributed by atoms with Crippen LogP contribution in [0, 0.1) is 5.92 Å². The molecular formula is C17H20N2O2. The van der Waals surface area contributed by atoms with Gasteiger partial charge < -0.3 is 10.3 Å². The van der Waals surface area contributed by atoms with E-state index in [-0.39, 0.29) is 23.7 Å². The van der Waals surface area contributed by atoms with Crippen LogP contribution >= 0.6 is 0 Å². The SMILES string of the molecule is CC(=O)[C@@H]1CCCC[C@@H]1NC(=O)c1cc2ccccc2[nH]1. The molecule has 2 atom stereocenters. The monoisotopic (exact) mass is 284 g/mol. The highest BCUT2D eigenvalue weighted by Crippen LogP contribution is 2.25. The molecule has 4 heteroatoms. The molecule has 3 rings (SSSR count). The Morgan fingerprint density at radius 1 is 1.19 bits per heavy atom. The number of aromatic amines is 1. The minimum absolute atomic E-state index is 0.0323. The summed E-state index contributed by atoms with van der Waals surface area (Å²) in [5.41, 5.74) is 1.51. The number of amides is 1. The maximum atomic E-state index is 12.4. The number of hydrogen-bond donors (Lipinski definition) is 2. The molecule has 1 aromatic heterocycles. The molecule has 0 unspecified atom stereocenters. The summed E-state index contributed by atoms with van der Waals surface area (Å²) in [6.07, 6.45) is 3.91. The van der Waals surface area contributed by atoms with Gasteiger partial charge in [0.25, 0.3) is 5.91 Å². The molecule has 1 fully saturated rings. The van der Waals surface area contributed by atoms with Gasteiger partial charge in [0.15, 0.2) is 0 Å². The number of para-hydroxylation sites is 1. The highest BCUT2D eigenvalue weighted by Gasteiger charge is 2.30. The van der Waals surface area contributed by atoms with E-state index < -0.39 is 0 Å². The third-order valence-corrected chi connectivity index (χ3v) is 4.38. The summed E-state index contributed by atoms with van der Waals surface area (Å²) in [5.74, 6) is 0.0214. The molecule has 1 heterocycles. The zero-order valence-electron chi connectivity index (χ0n) is 12.2. The van der Waals surface area contributed by atoms with E-state index in [2.05, 4.69) is 10.3 Å². The highest BCUT2D eigenvalue weighted by atomic mass is 16.2. The van der Waals surface area contributed by atoms with Gasteiger partial charge >= 0.3 is 0 Å². The quantitative estimate of drug-likeness (QED) is 0.910.